The van der Waals surface area contributed by atoms with Crippen LogP contribution >= 0.6 is 11.3 Å². The van der Waals surface area contributed by atoms with Gasteiger partial charge in [0.1, 0.15) is 10.8 Å². The Morgan fingerprint density at radius 2 is 2.10 bits per heavy atom. The summed E-state index contributed by atoms with van der Waals surface area (Å²) in [6.45, 7) is 2.03. The minimum absolute atomic E-state index is 0. The van der Waals surface area contributed by atoms with Gasteiger partial charge in [-0.1, -0.05) is 29.8 Å². The van der Waals surface area contributed by atoms with Crippen LogP contribution in [-0.4, -0.2) is 31.5 Å². The molecule has 7 nitrogen and oxygen atoms in total. The monoisotopic (exact) mass is 310 g/mol. The zero-order valence-electron chi connectivity index (χ0n) is 12.5. The smallest absolute Gasteiger partial charge is 1.00 e. The minimum Gasteiger partial charge on any atom is -1.00 e. The molecule has 102 valence electrons. The minimum atomic E-state index is -0.445. The van der Waals surface area contributed by atoms with Crippen molar-refractivity contribution in [3.8, 4) is 10.6 Å². The number of benzene rings is 1. The van der Waals surface area contributed by atoms with Gasteiger partial charge in [0.15, 0.2) is 0 Å². The van der Waals surface area contributed by atoms with E-state index in [4.69, 9.17) is 0 Å². The summed E-state index contributed by atoms with van der Waals surface area (Å²) in [5.74, 6) is 0.00904. The van der Waals surface area contributed by atoms with Gasteiger partial charge in [-0.2, -0.15) is 5.21 Å². The predicted octanol–water partition coefficient (Wildman–Crippen LogP) is -1.000. The molecule has 0 fully saturated rings. The van der Waals surface area contributed by atoms with Gasteiger partial charge < -0.3 is 6.74 Å². The van der Waals surface area contributed by atoms with E-state index in [0.717, 1.165) is 10.6 Å². The summed E-state index contributed by atoms with van der Waals surface area (Å²) in [5, 5.41) is 18.0. The van der Waals surface area contributed by atoms with Crippen LogP contribution in [0, 0.1) is 6.92 Å². The molecule has 0 saturated carbocycles. The second kappa shape index (κ2) is 6.90. The fraction of sp³-hybridized carbons (Fsp3) is 0.0833. The average Bonchev–Trinajstić information content (AvgIpc) is 3.10. The Morgan fingerprint density at radius 1 is 1.33 bits per heavy atom. The second-order valence-corrected chi connectivity index (χ2v) is 4.95. The maximum atomic E-state index is 11.7. The summed E-state index contributed by atoms with van der Waals surface area (Å²) in [6.07, 6.45) is 0. The van der Waals surface area contributed by atoms with Gasteiger partial charge in [-0.25, -0.2) is 4.98 Å². The number of anilines is 1. The summed E-state index contributed by atoms with van der Waals surface area (Å²) in [7, 11) is 0. The number of H-pyrrole nitrogens is 1. The van der Waals surface area contributed by atoms with Crippen LogP contribution in [0.25, 0.3) is 10.6 Å². The number of thiazole rings is 1. The molecule has 3 aromatic rings. The van der Waals surface area contributed by atoms with E-state index in [1.165, 1.54) is 16.9 Å². The summed E-state index contributed by atoms with van der Waals surface area (Å²) >= 11 is 1.46. The Labute approximate surface area is 148 Å². The van der Waals surface area contributed by atoms with Gasteiger partial charge in [-0.15, -0.1) is 21.5 Å². The molecule has 0 bridgehead atoms. The van der Waals surface area contributed by atoms with Crippen LogP contribution in [0.4, 0.5) is 5.82 Å². The molecule has 0 radical (unpaired) electrons. The number of hydrogen-bond acceptors (Lipinski definition) is 6. The van der Waals surface area contributed by atoms with Gasteiger partial charge in [0.05, 0.1) is 0 Å². The topological polar surface area (TPSA) is 96.5 Å². The second-order valence-electron chi connectivity index (χ2n) is 4.09. The molecule has 9 heteroatoms. The van der Waals surface area contributed by atoms with E-state index in [0.29, 0.717) is 5.82 Å². The van der Waals surface area contributed by atoms with Crippen LogP contribution in [0.2, 0.25) is 0 Å². The molecule has 0 aliphatic carbocycles. The molecule has 0 unspecified atom stereocenters. The summed E-state index contributed by atoms with van der Waals surface area (Å²) < 4.78 is 0. The third kappa shape index (κ3) is 3.73. The first-order valence-electron chi connectivity index (χ1n) is 5.80. The number of rotatable bonds is 3. The predicted molar refractivity (Wildman–Crippen MR) is 75.5 cm³/mol. The molecule has 0 aliphatic heterocycles. The molecule has 0 saturated heterocycles. The first-order chi connectivity index (χ1) is 9.72. The van der Waals surface area contributed by atoms with Crippen molar-refractivity contribution in [3.63, 3.8) is 0 Å². The van der Waals surface area contributed by atoms with Crippen molar-refractivity contribution in [2.45, 2.75) is 6.92 Å². The maximum Gasteiger partial charge on any atom is 1.00 e. The van der Waals surface area contributed by atoms with E-state index in [9.17, 15) is 4.79 Å². The Hall–Kier alpha value is -1.61. The quantitative estimate of drug-likeness (QED) is 0.605. The SMILES string of the molecule is Cc1ccc(-c2nc(NC(=O)c3nn[nH]n3)cs2)cc1.[H-].[Na+]. The molecule has 1 aromatic carbocycles. The molecular weight excluding hydrogens is 299 g/mol. The standard InChI is InChI=1S/C12H10N6OS.Na.H/c1-7-2-4-8(5-3-7)12-14-9(6-20-12)13-11(19)10-15-17-18-16-10;;/h2-6H,1H3,(H,13,19)(H,15,16,17,18);;/q;+1;-1. The van der Waals surface area contributed by atoms with E-state index in [1.807, 2.05) is 31.2 Å². The summed E-state index contributed by atoms with van der Waals surface area (Å²) in [5.41, 5.74) is 2.21. The van der Waals surface area contributed by atoms with E-state index in [1.54, 1.807) is 5.38 Å². The molecule has 0 aliphatic rings. The van der Waals surface area contributed by atoms with Crippen molar-refractivity contribution in [2.75, 3.05) is 5.32 Å². The number of aromatic amines is 1. The third-order valence-corrected chi connectivity index (χ3v) is 3.48. The van der Waals surface area contributed by atoms with Gasteiger partial charge in [-0.3, -0.25) is 4.79 Å². The van der Waals surface area contributed by atoms with Crippen molar-refractivity contribution in [3.05, 3.63) is 41.0 Å². The first kappa shape index (κ1) is 15.8. The Bertz CT molecular complexity index is 730. The van der Waals surface area contributed by atoms with Crippen molar-refractivity contribution in [1.82, 2.24) is 25.6 Å². The van der Waals surface area contributed by atoms with E-state index in [2.05, 4.69) is 30.9 Å². The number of amides is 1. The number of carbonyl (C=O) groups excluding carboxylic acids is 1. The fourth-order valence-electron chi connectivity index (χ4n) is 1.59. The molecule has 2 N–H and O–H groups in total. The molecule has 3 rings (SSSR count). The van der Waals surface area contributed by atoms with Gasteiger partial charge in [-0.05, 0) is 12.1 Å². The van der Waals surface area contributed by atoms with Crippen LogP contribution in [0.1, 0.15) is 17.6 Å². The van der Waals surface area contributed by atoms with Crippen LogP contribution in [0.3, 0.4) is 0 Å². The first-order valence-corrected chi connectivity index (χ1v) is 6.68. The van der Waals surface area contributed by atoms with Gasteiger partial charge in [0.25, 0.3) is 11.7 Å². The van der Waals surface area contributed by atoms with Crippen LogP contribution in [0.5, 0.6) is 0 Å². The van der Waals surface area contributed by atoms with E-state index >= 15 is 0 Å². The zero-order chi connectivity index (χ0) is 13.9. The van der Waals surface area contributed by atoms with Crippen molar-refractivity contribution >= 4 is 23.1 Å². The number of aromatic nitrogens is 5. The van der Waals surface area contributed by atoms with Crippen molar-refractivity contribution < 1.29 is 35.8 Å². The number of carbonyl (C=O) groups is 1. The Morgan fingerprint density at radius 3 is 2.76 bits per heavy atom. The number of aryl methyl sites for hydroxylation is 1. The molecule has 21 heavy (non-hydrogen) atoms. The number of tetrazole rings is 1. The van der Waals surface area contributed by atoms with Crippen molar-refractivity contribution in [2.24, 2.45) is 0 Å². The molecule has 0 spiro atoms. The van der Waals surface area contributed by atoms with E-state index < -0.39 is 5.91 Å². The molecule has 0 atom stereocenters. The third-order valence-electron chi connectivity index (χ3n) is 2.59. The van der Waals surface area contributed by atoms with Gasteiger partial charge >= 0.3 is 29.6 Å². The fourth-order valence-corrected chi connectivity index (χ4v) is 2.35. The Kier molecular flexibility index (Phi) is 5.18. The average molecular weight is 310 g/mol. The summed E-state index contributed by atoms with van der Waals surface area (Å²) in [4.78, 5) is 16.1. The molecule has 1 amide bonds. The van der Waals surface area contributed by atoms with Crippen LogP contribution < -0.4 is 34.9 Å². The Balaban J connectivity index is 0.00000121. The number of nitrogens with one attached hydrogen (secondary N) is 2. The van der Waals surface area contributed by atoms with Crippen molar-refractivity contribution in [1.29, 1.82) is 0 Å². The normalized spacial score (nSPS) is 9.95. The molecular formula is C12H11N6NaOS. The molecule has 2 aromatic heterocycles. The summed E-state index contributed by atoms with van der Waals surface area (Å²) in [6, 6.07) is 8.04. The van der Waals surface area contributed by atoms with Crippen LogP contribution in [-0.2, 0) is 0 Å². The van der Waals surface area contributed by atoms with E-state index in [-0.39, 0.29) is 36.8 Å². The number of nitrogens with zero attached hydrogens (tertiary/aromatic N) is 4. The zero-order valence-corrected chi connectivity index (χ0v) is 14.3. The van der Waals surface area contributed by atoms with Gasteiger partial charge in [0.2, 0.25) is 0 Å². The molecule has 2 heterocycles. The number of hydrogen-bond donors (Lipinski definition) is 2. The van der Waals surface area contributed by atoms with Crippen LogP contribution in [0.15, 0.2) is 29.6 Å². The maximum absolute atomic E-state index is 11.7. The van der Waals surface area contributed by atoms with Gasteiger partial charge in [0, 0.05) is 10.9 Å². The largest absolute Gasteiger partial charge is 1.00 e.